The summed E-state index contributed by atoms with van der Waals surface area (Å²) in [6.45, 7) is 5.31. The van der Waals surface area contributed by atoms with E-state index in [0.29, 0.717) is 6.04 Å². The number of aryl methyl sites for hydroxylation is 3. The highest BCUT2D eigenvalue weighted by atomic mass is 14.9. The van der Waals surface area contributed by atoms with Crippen LogP contribution in [0.2, 0.25) is 0 Å². The van der Waals surface area contributed by atoms with Crippen LogP contribution in [0.25, 0.3) is 0 Å². The van der Waals surface area contributed by atoms with E-state index in [1.54, 1.807) is 11.1 Å². The molecule has 104 valence electrons. The Labute approximate surface area is 122 Å². The predicted molar refractivity (Wildman–Crippen MR) is 84.9 cm³/mol. The van der Waals surface area contributed by atoms with Crippen molar-refractivity contribution >= 4 is 0 Å². The zero-order valence-electron chi connectivity index (χ0n) is 12.4. The Morgan fingerprint density at radius 1 is 1.00 bits per heavy atom. The summed E-state index contributed by atoms with van der Waals surface area (Å²) in [5, 5.41) is 3.63. The topological polar surface area (TPSA) is 12.0 Å². The molecular formula is C19H23N. The van der Waals surface area contributed by atoms with E-state index in [2.05, 4.69) is 61.6 Å². The maximum atomic E-state index is 3.63. The highest BCUT2D eigenvalue weighted by Crippen LogP contribution is 2.23. The zero-order valence-corrected chi connectivity index (χ0v) is 12.4. The Balaban J connectivity index is 1.63. The van der Waals surface area contributed by atoms with Gasteiger partial charge in [-0.25, -0.2) is 0 Å². The van der Waals surface area contributed by atoms with E-state index < -0.39 is 0 Å². The number of hydrogen-bond acceptors (Lipinski definition) is 1. The average Bonchev–Trinajstić information content (AvgIpc) is 2.93. The monoisotopic (exact) mass is 265 g/mol. The normalized spacial score (nSPS) is 15.1. The molecule has 1 aliphatic rings. The fraction of sp³-hybridized carbons (Fsp3) is 0.368. The molecule has 0 aliphatic heterocycles. The summed E-state index contributed by atoms with van der Waals surface area (Å²) in [5.41, 5.74) is 7.20. The van der Waals surface area contributed by atoms with E-state index in [4.69, 9.17) is 0 Å². The summed E-state index contributed by atoms with van der Waals surface area (Å²) >= 11 is 0. The highest BCUT2D eigenvalue weighted by molar-refractivity contribution is 5.35. The largest absolute Gasteiger partial charge is 0.306 e. The lowest BCUT2D eigenvalue weighted by molar-refractivity contribution is 0.574. The molecule has 0 radical (unpaired) electrons. The third-order valence-corrected chi connectivity index (χ3v) is 4.35. The van der Waals surface area contributed by atoms with E-state index in [-0.39, 0.29) is 0 Å². The lowest BCUT2D eigenvalue weighted by Crippen LogP contribution is -2.18. The molecule has 1 nitrogen and oxygen atoms in total. The first-order chi connectivity index (χ1) is 9.72. The van der Waals surface area contributed by atoms with Crippen LogP contribution in [0.3, 0.4) is 0 Å². The van der Waals surface area contributed by atoms with Crippen LogP contribution in [-0.4, -0.2) is 0 Å². The molecule has 0 saturated carbocycles. The molecule has 1 N–H and O–H groups in total. The minimum Gasteiger partial charge on any atom is -0.306 e. The van der Waals surface area contributed by atoms with Crippen LogP contribution in [0.15, 0.2) is 42.5 Å². The van der Waals surface area contributed by atoms with Gasteiger partial charge in [-0.3, -0.25) is 0 Å². The maximum Gasteiger partial charge on any atom is 0.0294 e. The second-order valence-corrected chi connectivity index (χ2v) is 5.97. The van der Waals surface area contributed by atoms with Crippen molar-refractivity contribution in [3.8, 4) is 0 Å². The van der Waals surface area contributed by atoms with E-state index in [0.717, 1.165) is 6.54 Å². The molecule has 1 aliphatic carbocycles. The van der Waals surface area contributed by atoms with Gasteiger partial charge in [-0.15, -0.1) is 0 Å². The first-order valence-corrected chi connectivity index (χ1v) is 7.63. The van der Waals surface area contributed by atoms with Crippen LogP contribution >= 0.6 is 0 Å². The summed E-state index contributed by atoms with van der Waals surface area (Å²) in [4.78, 5) is 0. The van der Waals surface area contributed by atoms with E-state index >= 15 is 0 Å². The van der Waals surface area contributed by atoms with Crippen molar-refractivity contribution < 1.29 is 0 Å². The molecular weight excluding hydrogens is 242 g/mol. The van der Waals surface area contributed by atoms with E-state index in [1.807, 2.05) is 0 Å². The number of benzene rings is 2. The van der Waals surface area contributed by atoms with Crippen LogP contribution in [0.4, 0.5) is 0 Å². The summed E-state index contributed by atoms with van der Waals surface area (Å²) in [5.74, 6) is 0. The summed E-state index contributed by atoms with van der Waals surface area (Å²) in [7, 11) is 0. The van der Waals surface area contributed by atoms with Crippen LogP contribution in [0.5, 0.6) is 0 Å². The molecule has 0 bridgehead atoms. The smallest absolute Gasteiger partial charge is 0.0294 e. The second-order valence-electron chi connectivity index (χ2n) is 5.97. The Morgan fingerprint density at radius 3 is 2.55 bits per heavy atom. The Kier molecular flexibility index (Phi) is 3.88. The fourth-order valence-corrected chi connectivity index (χ4v) is 2.98. The zero-order chi connectivity index (χ0) is 13.9. The molecule has 0 unspecified atom stereocenters. The van der Waals surface area contributed by atoms with Crippen molar-refractivity contribution in [3.63, 3.8) is 0 Å². The third-order valence-electron chi connectivity index (χ3n) is 4.35. The second kappa shape index (κ2) is 5.80. The Bertz CT molecular complexity index is 583. The van der Waals surface area contributed by atoms with Gasteiger partial charge in [0.1, 0.15) is 0 Å². The number of fused-ring (bicyclic) bond motifs is 1. The quantitative estimate of drug-likeness (QED) is 0.867. The lowest BCUT2D eigenvalue weighted by Gasteiger charge is -2.15. The lowest BCUT2D eigenvalue weighted by atomic mass is 10.0. The van der Waals surface area contributed by atoms with Crippen molar-refractivity contribution in [3.05, 3.63) is 70.3 Å². The van der Waals surface area contributed by atoms with Crippen LogP contribution in [0.1, 0.15) is 47.2 Å². The summed E-state index contributed by atoms with van der Waals surface area (Å²) in [6.07, 6.45) is 3.85. The van der Waals surface area contributed by atoms with Gasteiger partial charge in [-0.1, -0.05) is 48.0 Å². The minimum absolute atomic E-state index is 0.392. The van der Waals surface area contributed by atoms with Crippen LogP contribution < -0.4 is 5.32 Å². The van der Waals surface area contributed by atoms with Crippen LogP contribution in [0, 0.1) is 6.92 Å². The molecule has 0 spiro atoms. The van der Waals surface area contributed by atoms with Gasteiger partial charge in [-0.05, 0) is 55.4 Å². The van der Waals surface area contributed by atoms with Crippen molar-refractivity contribution in [2.75, 3.05) is 0 Å². The third kappa shape index (κ3) is 2.94. The van der Waals surface area contributed by atoms with Gasteiger partial charge in [0.25, 0.3) is 0 Å². The van der Waals surface area contributed by atoms with E-state index in [9.17, 15) is 0 Å². The number of rotatable bonds is 4. The molecule has 20 heavy (non-hydrogen) atoms. The summed E-state index contributed by atoms with van der Waals surface area (Å²) in [6, 6.07) is 16.2. The SMILES string of the molecule is Cc1ccc([C@H](C)NCc2ccc3c(c2)CCC3)cc1. The van der Waals surface area contributed by atoms with Gasteiger partial charge in [0, 0.05) is 12.6 Å². The highest BCUT2D eigenvalue weighted by Gasteiger charge is 2.11. The first-order valence-electron chi connectivity index (χ1n) is 7.63. The molecule has 0 aromatic heterocycles. The molecule has 0 saturated heterocycles. The molecule has 0 heterocycles. The number of nitrogens with one attached hydrogen (secondary N) is 1. The predicted octanol–water partition coefficient (Wildman–Crippen LogP) is 4.33. The Morgan fingerprint density at radius 2 is 1.75 bits per heavy atom. The molecule has 0 fully saturated rings. The standard InChI is InChI=1S/C19H23N/c1-14-6-9-17(10-7-14)15(2)20-13-16-8-11-18-4-3-5-19(18)12-16/h6-12,15,20H,3-5,13H2,1-2H3/t15-/m0/s1. The van der Waals surface area contributed by atoms with Gasteiger partial charge < -0.3 is 5.32 Å². The van der Waals surface area contributed by atoms with Gasteiger partial charge in [0.15, 0.2) is 0 Å². The van der Waals surface area contributed by atoms with Gasteiger partial charge >= 0.3 is 0 Å². The molecule has 0 amide bonds. The molecule has 2 aromatic carbocycles. The maximum absolute atomic E-state index is 3.63. The van der Waals surface area contributed by atoms with Crippen molar-refractivity contribution in [1.29, 1.82) is 0 Å². The van der Waals surface area contributed by atoms with Gasteiger partial charge in [0.2, 0.25) is 0 Å². The number of hydrogen-bond donors (Lipinski definition) is 1. The van der Waals surface area contributed by atoms with Crippen molar-refractivity contribution in [2.24, 2.45) is 0 Å². The first kappa shape index (κ1) is 13.4. The molecule has 1 heteroatoms. The Hall–Kier alpha value is -1.60. The van der Waals surface area contributed by atoms with E-state index in [1.165, 1.54) is 36.0 Å². The van der Waals surface area contributed by atoms with Gasteiger partial charge in [-0.2, -0.15) is 0 Å². The fourth-order valence-electron chi connectivity index (χ4n) is 2.98. The van der Waals surface area contributed by atoms with Gasteiger partial charge in [0.05, 0.1) is 0 Å². The van der Waals surface area contributed by atoms with Crippen molar-refractivity contribution in [2.45, 2.75) is 45.7 Å². The summed E-state index contributed by atoms with van der Waals surface area (Å²) < 4.78 is 0. The molecule has 1 atom stereocenters. The minimum atomic E-state index is 0.392. The molecule has 2 aromatic rings. The molecule has 3 rings (SSSR count). The van der Waals surface area contributed by atoms with Crippen LogP contribution in [-0.2, 0) is 19.4 Å². The average molecular weight is 265 g/mol. The van der Waals surface area contributed by atoms with Crippen molar-refractivity contribution in [1.82, 2.24) is 5.32 Å².